The van der Waals surface area contributed by atoms with Gasteiger partial charge in [0.15, 0.2) is 5.11 Å². The van der Waals surface area contributed by atoms with Gasteiger partial charge in [0.2, 0.25) is 0 Å². The molecule has 2 heterocycles. The normalized spacial score (nSPS) is 15.4. The smallest absolute Gasteiger partial charge is 0.330 e. The van der Waals surface area contributed by atoms with Crippen molar-refractivity contribution in [3.05, 3.63) is 65.4 Å². The summed E-state index contributed by atoms with van der Waals surface area (Å²) in [5.74, 6) is -0.448. The van der Waals surface area contributed by atoms with Crippen LogP contribution in [0.3, 0.4) is 0 Å². The van der Waals surface area contributed by atoms with E-state index in [9.17, 15) is 18.0 Å². The molecule has 7 nitrogen and oxygen atoms in total. The molecular weight excluding hydrogens is 501 g/mol. The van der Waals surface area contributed by atoms with Gasteiger partial charge in [-0.25, -0.2) is 0 Å². The number of carbonyl (C=O) groups is 1. The first kappa shape index (κ1) is 26.3. The van der Waals surface area contributed by atoms with E-state index >= 15 is 0 Å². The fourth-order valence-corrected chi connectivity index (χ4v) is 4.64. The highest BCUT2D eigenvalue weighted by Gasteiger charge is 2.49. The van der Waals surface area contributed by atoms with Gasteiger partial charge in [0, 0.05) is 18.7 Å². The highest BCUT2D eigenvalue weighted by Crippen LogP contribution is 2.38. The molecule has 192 valence electrons. The molecule has 1 amide bonds. The molecule has 1 aliphatic rings. The van der Waals surface area contributed by atoms with E-state index in [2.05, 4.69) is 17.2 Å². The van der Waals surface area contributed by atoms with Crippen molar-refractivity contribution in [2.75, 3.05) is 4.90 Å². The monoisotopic (exact) mass is 526 g/mol. The van der Waals surface area contributed by atoms with Gasteiger partial charge in [-0.15, -0.1) is 5.10 Å². The predicted octanol–water partition coefficient (Wildman–Crippen LogP) is 5.55. The zero-order valence-corrected chi connectivity index (χ0v) is 21.4. The van der Waals surface area contributed by atoms with Crippen molar-refractivity contribution < 1.29 is 18.0 Å². The maximum Gasteiger partial charge on any atom is 0.417 e. The summed E-state index contributed by atoms with van der Waals surface area (Å²) in [5.41, 5.74) is -0.241. The topological polar surface area (TPSA) is 78.0 Å². The van der Waals surface area contributed by atoms with Crippen LogP contribution in [0.25, 0.3) is 11.3 Å². The second-order valence-corrected chi connectivity index (χ2v) is 9.69. The molecule has 0 radical (unpaired) electrons. The van der Waals surface area contributed by atoms with Crippen LogP contribution in [-0.4, -0.2) is 36.5 Å². The summed E-state index contributed by atoms with van der Waals surface area (Å²) in [6.07, 6.45) is -0.771. The first-order valence-corrected chi connectivity index (χ1v) is 12.1. The first-order valence-electron chi connectivity index (χ1n) is 11.7. The highest BCUT2D eigenvalue weighted by atomic mass is 32.1. The Balaban J connectivity index is 1.57. The first-order chi connectivity index (χ1) is 17.5. The van der Waals surface area contributed by atoms with Gasteiger partial charge in [-0.1, -0.05) is 42.8 Å². The maximum absolute atomic E-state index is 13.5. The van der Waals surface area contributed by atoms with E-state index < -0.39 is 28.7 Å². The third kappa shape index (κ3) is 5.06. The molecule has 0 N–H and O–H groups in total. The molecule has 0 unspecified atom stereocenters. The number of nitrogens with zero attached hydrogens (tertiary/aromatic N) is 6. The Hall–Kier alpha value is -3.78. The number of hydrogen-bond donors (Lipinski definition) is 0. The largest absolute Gasteiger partial charge is 0.417 e. The summed E-state index contributed by atoms with van der Waals surface area (Å²) < 4.78 is 42.4. The lowest BCUT2D eigenvalue weighted by atomic mass is 10.0. The van der Waals surface area contributed by atoms with Gasteiger partial charge in [-0.3, -0.25) is 14.4 Å². The molecule has 0 saturated carbocycles. The number of carbonyl (C=O) groups excluding carboxylic acids is 1. The lowest BCUT2D eigenvalue weighted by molar-refractivity contribution is -0.137. The van der Waals surface area contributed by atoms with Gasteiger partial charge < -0.3 is 4.90 Å². The van der Waals surface area contributed by atoms with Crippen molar-refractivity contribution in [2.45, 2.75) is 58.4 Å². The van der Waals surface area contributed by atoms with Crippen LogP contribution in [0, 0.1) is 11.3 Å². The summed E-state index contributed by atoms with van der Waals surface area (Å²) >= 11 is 5.57. The van der Waals surface area contributed by atoms with Crippen LogP contribution >= 0.6 is 12.2 Å². The van der Waals surface area contributed by atoms with Crippen molar-refractivity contribution in [1.82, 2.24) is 19.9 Å². The molecule has 1 aliphatic heterocycles. The van der Waals surface area contributed by atoms with Crippen molar-refractivity contribution in [3.8, 4) is 17.3 Å². The lowest BCUT2D eigenvalue weighted by Crippen LogP contribution is -2.43. The molecule has 11 heteroatoms. The number of halogens is 3. The zero-order valence-electron chi connectivity index (χ0n) is 20.6. The van der Waals surface area contributed by atoms with Crippen molar-refractivity contribution >= 4 is 28.9 Å². The Labute approximate surface area is 218 Å². The molecule has 3 aromatic rings. The minimum Gasteiger partial charge on any atom is -0.330 e. The average Bonchev–Trinajstić information content (AvgIpc) is 3.40. The van der Waals surface area contributed by atoms with Gasteiger partial charge in [0.25, 0.3) is 5.91 Å². The number of aryl methyl sites for hydroxylation is 1. The third-order valence-electron chi connectivity index (χ3n) is 6.38. The molecule has 0 spiro atoms. The second kappa shape index (κ2) is 9.94. The van der Waals surface area contributed by atoms with Gasteiger partial charge >= 0.3 is 6.18 Å². The molecular formula is C26H25F3N6OS. The minimum absolute atomic E-state index is 0.0293. The SMILES string of the molecule is CCCCn1cc(-c2ccc(CN3C(=S)N(c4ccc(C#N)c(C(F)(F)F)c4)C(=O)C3(C)C)cc2)nn1. The molecule has 0 aliphatic carbocycles. The van der Waals surface area contributed by atoms with Gasteiger partial charge in [0.1, 0.15) is 11.2 Å². The summed E-state index contributed by atoms with van der Waals surface area (Å²) in [6, 6.07) is 12.3. The molecule has 37 heavy (non-hydrogen) atoms. The van der Waals surface area contributed by atoms with Gasteiger partial charge in [-0.05, 0) is 56.2 Å². The third-order valence-corrected chi connectivity index (χ3v) is 6.78. The molecule has 0 bridgehead atoms. The Morgan fingerprint density at radius 2 is 1.84 bits per heavy atom. The fraction of sp³-hybridized carbons (Fsp3) is 0.346. The van der Waals surface area contributed by atoms with Gasteiger partial charge in [0.05, 0.1) is 29.1 Å². The quantitative estimate of drug-likeness (QED) is 0.376. The van der Waals surface area contributed by atoms with Crippen molar-refractivity contribution in [3.63, 3.8) is 0 Å². The van der Waals surface area contributed by atoms with Crippen molar-refractivity contribution in [1.29, 1.82) is 5.26 Å². The molecule has 1 saturated heterocycles. The van der Waals surface area contributed by atoms with Crippen LogP contribution < -0.4 is 4.90 Å². The minimum atomic E-state index is -4.75. The number of thiocarbonyl (C=S) groups is 1. The summed E-state index contributed by atoms with van der Waals surface area (Å²) in [7, 11) is 0. The van der Waals surface area contributed by atoms with Crippen LogP contribution in [0.15, 0.2) is 48.7 Å². The van der Waals surface area contributed by atoms with E-state index in [-0.39, 0.29) is 17.3 Å². The van der Waals surface area contributed by atoms with E-state index in [1.54, 1.807) is 24.8 Å². The molecule has 1 fully saturated rings. The molecule has 2 aromatic carbocycles. The zero-order chi connectivity index (χ0) is 27.0. The van der Waals surface area contributed by atoms with Gasteiger partial charge in [-0.2, -0.15) is 18.4 Å². The number of hydrogen-bond acceptors (Lipinski definition) is 5. The predicted molar refractivity (Wildman–Crippen MR) is 136 cm³/mol. The number of amides is 1. The van der Waals surface area contributed by atoms with Crippen molar-refractivity contribution in [2.24, 2.45) is 0 Å². The number of rotatable bonds is 7. The van der Waals surface area contributed by atoms with Crippen LogP contribution in [0.5, 0.6) is 0 Å². The Morgan fingerprint density at radius 3 is 2.46 bits per heavy atom. The number of anilines is 1. The lowest BCUT2D eigenvalue weighted by Gasteiger charge is -2.29. The number of alkyl halides is 3. The number of unbranched alkanes of at least 4 members (excludes halogenated alkanes) is 1. The average molecular weight is 527 g/mol. The standard InChI is InChI=1S/C26H25F3N6OS/c1-4-5-12-33-16-22(31-32-33)18-8-6-17(7-9-18)15-34-24(37)35(23(36)25(34,2)3)20-11-10-19(14-30)21(13-20)26(27,28)29/h6-11,13,16H,4-5,12,15H2,1-3H3. The number of benzene rings is 2. The molecule has 1 aromatic heterocycles. The summed E-state index contributed by atoms with van der Waals surface area (Å²) in [5, 5.41) is 17.6. The van der Waals surface area contributed by atoms with E-state index in [0.717, 1.165) is 53.2 Å². The van der Waals surface area contributed by atoms with Crippen LogP contribution in [0.2, 0.25) is 0 Å². The Morgan fingerprint density at radius 1 is 1.14 bits per heavy atom. The second-order valence-electron chi connectivity index (χ2n) is 9.33. The summed E-state index contributed by atoms with van der Waals surface area (Å²) in [6.45, 7) is 6.55. The van der Waals surface area contributed by atoms with Crippen LogP contribution in [0.4, 0.5) is 18.9 Å². The Kier molecular flexibility index (Phi) is 7.06. The van der Waals surface area contributed by atoms with Crippen LogP contribution in [-0.2, 0) is 24.1 Å². The molecule has 4 rings (SSSR count). The fourth-order valence-electron chi connectivity index (χ4n) is 4.16. The van der Waals surface area contributed by atoms with Crippen LogP contribution in [0.1, 0.15) is 50.3 Å². The van der Waals surface area contributed by atoms with E-state index in [4.69, 9.17) is 17.5 Å². The molecule has 0 atom stereocenters. The van der Waals surface area contributed by atoms with E-state index in [1.165, 1.54) is 6.07 Å². The maximum atomic E-state index is 13.5. The highest BCUT2D eigenvalue weighted by molar-refractivity contribution is 7.80. The number of aromatic nitrogens is 3. The van der Waals surface area contributed by atoms with E-state index in [1.807, 2.05) is 35.1 Å². The summed E-state index contributed by atoms with van der Waals surface area (Å²) in [4.78, 5) is 16.1. The number of nitriles is 1. The van der Waals surface area contributed by atoms with E-state index in [0.29, 0.717) is 0 Å². The Bertz CT molecular complexity index is 1370.